The molecule has 0 saturated carbocycles. The Morgan fingerprint density at radius 3 is 2.90 bits per heavy atom. The van der Waals surface area contributed by atoms with Gasteiger partial charge in [0.25, 0.3) is 0 Å². The molecule has 4 nitrogen and oxygen atoms in total. The lowest BCUT2D eigenvalue weighted by molar-refractivity contribution is 0.340. The van der Waals surface area contributed by atoms with Gasteiger partial charge in [-0.2, -0.15) is 0 Å². The third-order valence-corrected chi connectivity index (χ3v) is 3.44. The van der Waals surface area contributed by atoms with E-state index in [1.807, 2.05) is 25.1 Å². The number of ether oxygens (including phenoxy) is 2. The molecule has 0 bridgehead atoms. The van der Waals surface area contributed by atoms with Crippen LogP contribution in [0.3, 0.4) is 0 Å². The number of rotatable bonds is 5. The van der Waals surface area contributed by atoms with E-state index < -0.39 is 0 Å². The lowest BCUT2D eigenvalue weighted by Gasteiger charge is -2.09. The standard InChI is InChI=1S/C17H18N2O2/c1-3-21-15-6-7-16-13(11-15)8-10-19(16)12-14-5-4-9-18-17(14)20-2/h4-11H,3,12H2,1-2H3. The summed E-state index contributed by atoms with van der Waals surface area (Å²) in [4.78, 5) is 4.24. The maximum atomic E-state index is 5.54. The Kier molecular flexibility index (Phi) is 3.77. The van der Waals surface area contributed by atoms with Crippen molar-refractivity contribution in [3.8, 4) is 11.6 Å². The van der Waals surface area contributed by atoms with Gasteiger partial charge in [0.05, 0.1) is 20.3 Å². The van der Waals surface area contributed by atoms with Crippen molar-refractivity contribution >= 4 is 10.9 Å². The maximum Gasteiger partial charge on any atom is 0.218 e. The van der Waals surface area contributed by atoms with Crippen LogP contribution in [-0.4, -0.2) is 23.3 Å². The highest BCUT2D eigenvalue weighted by molar-refractivity contribution is 5.81. The molecule has 21 heavy (non-hydrogen) atoms. The molecule has 0 N–H and O–H groups in total. The Labute approximate surface area is 123 Å². The fourth-order valence-electron chi connectivity index (χ4n) is 2.48. The van der Waals surface area contributed by atoms with Gasteiger partial charge < -0.3 is 14.0 Å². The topological polar surface area (TPSA) is 36.3 Å². The average molecular weight is 282 g/mol. The number of nitrogens with zero attached hydrogens (tertiary/aromatic N) is 2. The summed E-state index contributed by atoms with van der Waals surface area (Å²) >= 11 is 0. The lowest BCUT2D eigenvalue weighted by Crippen LogP contribution is -2.01. The molecule has 0 radical (unpaired) electrons. The van der Waals surface area contributed by atoms with Gasteiger partial charge >= 0.3 is 0 Å². The van der Waals surface area contributed by atoms with Crippen molar-refractivity contribution in [2.45, 2.75) is 13.5 Å². The molecule has 0 saturated heterocycles. The van der Waals surface area contributed by atoms with Crippen LogP contribution < -0.4 is 9.47 Å². The highest BCUT2D eigenvalue weighted by Gasteiger charge is 2.07. The quantitative estimate of drug-likeness (QED) is 0.718. The lowest BCUT2D eigenvalue weighted by atomic mass is 10.2. The molecule has 3 rings (SSSR count). The molecule has 0 spiro atoms. The predicted octanol–water partition coefficient (Wildman–Crippen LogP) is 3.49. The highest BCUT2D eigenvalue weighted by atomic mass is 16.5. The van der Waals surface area contributed by atoms with Crippen molar-refractivity contribution < 1.29 is 9.47 Å². The second kappa shape index (κ2) is 5.87. The minimum Gasteiger partial charge on any atom is -0.494 e. The van der Waals surface area contributed by atoms with E-state index in [9.17, 15) is 0 Å². The summed E-state index contributed by atoms with van der Waals surface area (Å²) in [6.07, 6.45) is 3.82. The summed E-state index contributed by atoms with van der Waals surface area (Å²) in [5.41, 5.74) is 2.23. The largest absolute Gasteiger partial charge is 0.494 e. The Hall–Kier alpha value is -2.49. The molecular weight excluding hydrogens is 264 g/mol. The normalized spacial score (nSPS) is 10.8. The first-order valence-corrected chi connectivity index (χ1v) is 7.01. The molecule has 4 heteroatoms. The van der Waals surface area contributed by atoms with Gasteiger partial charge in [0.1, 0.15) is 5.75 Å². The molecule has 0 aliphatic heterocycles. The fraction of sp³-hybridized carbons (Fsp3) is 0.235. The number of fused-ring (bicyclic) bond motifs is 1. The van der Waals surface area contributed by atoms with Crippen LogP contribution in [0.2, 0.25) is 0 Å². The van der Waals surface area contributed by atoms with Crippen molar-refractivity contribution in [2.24, 2.45) is 0 Å². The van der Waals surface area contributed by atoms with Crippen molar-refractivity contribution in [1.29, 1.82) is 0 Å². The Bertz CT molecular complexity index is 749. The molecule has 0 aliphatic rings. The van der Waals surface area contributed by atoms with E-state index in [1.165, 1.54) is 10.9 Å². The zero-order chi connectivity index (χ0) is 14.7. The minimum absolute atomic E-state index is 0.672. The monoisotopic (exact) mass is 282 g/mol. The zero-order valence-electron chi connectivity index (χ0n) is 12.2. The van der Waals surface area contributed by atoms with Crippen molar-refractivity contribution in [1.82, 2.24) is 9.55 Å². The van der Waals surface area contributed by atoms with Gasteiger partial charge in [-0.25, -0.2) is 4.98 Å². The van der Waals surface area contributed by atoms with Gasteiger partial charge in [-0.15, -0.1) is 0 Å². The van der Waals surface area contributed by atoms with Crippen LogP contribution in [0.4, 0.5) is 0 Å². The summed E-state index contributed by atoms with van der Waals surface area (Å²) in [7, 11) is 1.65. The Morgan fingerprint density at radius 1 is 1.19 bits per heavy atom. The van der Waals surface area contributed by atoms with E-state index in [0.717, 1.165) is 17.9 Å². The second-order valence-electron chi connectivity index (χ2n) is 4.77. The first-order chi connectivity index (χ1) is 10.3. The molecule has 0 amide bonds. The minimum atomic E-state index is 0.672. The molecule has 0 aliphatic carbocycles. The van der Waals surface area contributed by atoms with Crippen LogP contribution in [0.1, 0.15) is 12.5 Å². The van der Waals surface area contributed by atoms with E-state index in [2.05, 4.69) is 33.9 Å². The van der Waals surface area contributed by atoms with E-state index in [1.54, 1.807) is 13.3 Å². The van der Waals surface area contributed by atoms with E-state index in [0.29, 0.717) is 12.5 Å². The Morgan fingerprint density at radius 2 is 2.10 bits per heavy atom. The van der Waals surface area contributed by atoms with E-state index in [4.69, 9.17) is 9.47 Å². The number of benzene rings is 1. The van der Waals surface area contributed by atoms with Crippen LogP contribution >= 0.6 is 0 Å². The summed E-state index contributed by atoms with van der Waals surface area (Å²) in [6.45, 7) is 3.40. The number of hydrogen-bond acceptors (Lipinski definition) is 3. The summed E-state index contributed by atoms with van der Waals surface area (Å²) in [5.74, 6) is 1.58. The van der Waals surface area contributed by atoms with Crippen LogP contribution in [0.15, 0.2) is 48.8 Å². The second-order valence-corrected chi connectivity index (χ2v) is 4.77. The van der Waals surface area contributed by atoms with Crippen LogP contribution in [0.25, 0.3) is 10.9 Å². The van der Waals surface area contributed by atoms with Crippen LogP contribution in [0.5, 0.6) is 11.6 Å². The average Bonchev–Trinajstić information content (AvgIpc) is 2.91. The molecule has 3 aromatic rings. The SMILES string of the molecule is CCOc1ccc2c(ccn2Cc2cccnc2OC)c1. The van der Waals surface area contributed by atoms with Crippen molar-refractivity contribution in [3.63, 3.8) is 0 Å². The molecular formula is C17H18N2O2. The molecule has 0 fully saturated rings. The number of methoxy groups -OCH3 is 1. The number of pyridine rings is 1. The molecule has 2 heterocycles. The maximum absolute atomic E-state index is 5.54. The fourth-order valence-corrected chi connectivity index (χ4v) is 2.48. The van der Waals surface area contributed by atoms with Crippen molar-refractivity contribution in [2.75, 3.05) is 13.7 Å². The van der Waals surface area contributed by atoms with E-state index in [-0.39, 0.29) is 0 Å². The summed E-state index contributed by atoms with van der Waals surface area (Å²) in [6, 6.07) is 12.2. The van der Waals surface area contributed by atoms with Gasteiger partial charge in [-0.3, -0.25) is 0 Å². The van der Waals surface area contributed by atoms with Crippen molar-refractivity contribution in [3.05, 3.63) is 54.4 Å². The summed E-state index contributed by atoms with van der Waals surface area (Å²) < 4.78 is 13.0. The van der Waals surface area contributed by atoms with Gasteiger partial charge in [-0.1, -0.05) is 6.07 Å². The third kappa shape index (κ3) is 2.70. The van der Waals surface area contributed by atoms with Crippen LogP contribution in [-0.2, 0) is 6.54 Å². The first-order valence-electron chi connectivity index (χ1n) is 7.01. The van der Waals surface area contributed by atoms with Gasteiger partial charge in [0.15, 0.2) is 0 Å². The first kappa shape index (κ1) is 13.5. The smallest absolute Gasteiger partial charge is 0.218 e. The molecule has 1 aromatic carbocycles. The van der Waals surface area contributed by atoms with Gasteiger partial charge in [-0.05, 0) is 37.3 Å². The number of aromatic nitrogens is 2. The summed E-state index contributed by atoms with van der Waals surface area (Å²) in [5, 5.41) is 1.17. The molecule has 108 valence electrons. The van der Waals surface area contributed by atoms with E-state index >= 15 is 0 Å². The zero-order valence-corrected chi connectivity index (χ0v) is 12.2. The predicted molar refractivity (Wildman–Crippen MR) is 83.0 cm³/mol. The highest BCUT2D eigenvalue weighted by Crippen LogP contribution is 2.24. The van der Waals surface area contributed by atoms with Crippen LogP contribution in [0, 0.1) is 0 Å². The molecule has 0 unspecified atom stereocenters. The third-order valence-electron chi connectivity index (χ3n) is 3.44. The van der Waals surface area contributed by atoms with Gasteiger partial charge in [0, 0.05) is 28.9 Å². The molecule has 2 aromatic heterocycles. The number of hydrogen-bond donors (Lipinski definition) is 0. The molecule has 0 atom stereocenters. The Balaban J connectivity index is 1.94. The van der Waals surface area contributed by atoms with Gasteiger partial charge in [0.2, 0.25) is 5.88 Å².